The molecular formula is C53H59N3O11S. The molecule has 4 aromatic rings. The molecule has 0 saturated heterocycles. The summed E-state index contributed by atoms with van der Waals surface area (Å²) in [5.41, 5.74) is 3.84. The second-order valence-electron chi connectivity index (χ2n) is 17.3. The van der Waals surface area contributed by atoms with E-state index in [1.165, 1.54) is 30.2 Å². The average molecular weight is 946 g/mol. The zero-order valence-electron chi connectivity index (χ0n) is 38.3. The summed E-state index contributed by atoms with van der Waals surface area (Å²) in [7, 11) is 1.52. The van der Waals surface area contributed by atoms with E-state index >= 15 is 4.79 Å². The van der Waals surface area contributed by atoms with Crippen molar-refractivity contribution in [2.75, 3.05) is 46.1 Å². The van der Waals surface area contributed by atoms with E-state index in [0.29, 0.717) is 53.7 Å². The molecule has 0 aromatic heterocycles. The molecule has 0 spiro atoms. The maximum atomic E-state index is 15.2. The number of aliphatic hydroxyl groups is 2. The highest BCUT2D eigenvalue weighted by atomic mass is 32.2. The summed E-state index contributed by atoms with van der Waals surface area (Å²) in [6.07, 6.45) is 11.8. The highest BCUT2D eigenvalue weighted by Crippen LogP contribution is 2.62. The smallest absolute Gasteiger partial charge is 0.269 e. The van der Waals surface area contributed by atoms with Gasteiger partial charge in [-0.25, -0.2) is 0 Å². The van der Waals surface area contributed by atoms with E-state index in [-0.39, 0.29) is 68.9 Å². The first kappa shape index (κ1) is 48.3. The number of hydrogen-bond donors (Lipinski definition) is 2. The number of benzene rings is 4. The molecule has 15 heteroatoms. The van der Waals surface area contributed by atoms with Crippen molar-refractivity contribution in [2.24, 2.45) is 22.9 Å². The Hall–Kier alpha value is -6.13. The van der Waals surface area contributed by atoms with Gasteiger partial charge in [0.05, 0.1) is 29.8 Å². The minimum atomic E-state index is -1.50. The lowest BCUT2D eigenvalue weighted by Gasteiger charge is -2.60. The Balaban J connectivity index is 1.27. The molecule has 1 saturated carbocycles. The number of ether oxygens (including phenoxy) is 5. The van der Waals surface area contributed by atoms with E-state index in [1.54, 1.807) is 40.9 Å². The van der Waals surface area contributed by atoms with Crippen molar-refractivity contribution in [1.29, 1.82) is 0 Å². The van der Waals surface area contributed by atoms with E-state index in [2.05, 4.69) is 30.9 Å². The van der Waals surface area contributed by atoms with Crippen LogP contribution in [-0.2, 0) is 20.9 Å². The number of nitro groups is 1. The van der Waals surface area contributed by atoms with Crippen LogP contribution in [-0.4, -0.2) is 89.6 Å². The van der Waals surface area contributed by atoms with Gasteiger partial charge in [-0.1, -0.05) is 54.4 Å². The molecule has 0 radical (unpaired) electrons. The van der Waals surface area contributed by atoms with Crippen LogP contribution in [0.5, 0.6) is 23.0 Å². The predicted octanol–water partition coefficient (Wildman–Crippen LogP) is 9.50. The summed E-state index contributed by atoms with van der Waals surface area (Å²) >= 11 is 1.73. The molecule has 1 fully saturated rings. The van der Waals surface area contributed by atoms with Gasteiger partial charge in [0.15, 0.2) is 11.5 Å². The van der Waals surface area contributed by atoms with Crippen LogP contribution >= 0.6 is 11.8 Å². The first-order valence-electron chi connectivity index (χ1n) is 23.3. The third-order valence-electron chi connectivity index (χ3n) is 13.2. The molecule has 14 nitrogen and oxygen atoms in total. The van der Waals surface area contributed by atoms with E-state index in [4.69, 9.17) is 33.7 Å². The van der Waals surface area contributed by atoms with Gasteiger partial charge in [0.2, 0.25) is 18.5 Å². The van der Waals surface area contributed by atoms with Gasteiger partial charge >= 0.3 is 0 Å². The standard InChI is InChI=1S/C53H59N3O11S/c1-3-27-66-53-49(55(34-37-17-22-47-48(30-37)65-35-64-47)50(59)24-18-36-15-19-39(20-16-36)56(60)61)33-45(54-62-2)43-31-38(11-7-9-25-57)42(14-8-10-26-58)51(52(43)53)44-32-40(21-23-46(44)67-53)63-28-29-68-41-12-5-4-6-13-41/h3-6,12-13,15-24,30-32,38,42,49,51-52,57-58H,1,7-11,14,25-29,33-35H2,2H3. The minimum absolute atomic E-state index is 0.0230. The number of thioether (sulfide) groups is 1. The van der Waals surface area contributed by atoms with Crippen LogP contribution in [0.2, 0.25) is 0 Å². The van der Waals surface area contributed by atoms with Gasteiger partial charge in [0, 0.05) is 66.5 Å². The normalized spacial score (nSPS) is 22.7. The fraction of sp³-hybridized carbons (Fsp3) is 0.396. The Bertz CT molecular complexity index is 2480. The van der Waals surface area contributed by atoms with Gasteiger partial charge in [-0.15, -0.1) is 18.3 Å². The van der Waals surface area contributed by atoms with Gasteiger partial charge in [0.1, 0.15) is 24.7 Å². The van der Waals surface area contributed by atoms with Crippen molar-refractivity contribution in [3.05, 3.63) is 148 Å². The SMILES string of the molecule is C=CCOC12Oc3ccc(OCCSc4ccccc4)cc3C3C(CCCCO)C(CCCCO)C=C(C(=NOC)CC1N(Cc1ccc4c(c1)OCO4)C(=O)C=Cc1ccc([N+](=O)[O-])cc1)C32. The molecule has 8 rings (SSSR count). The summed E-state index contributed by atoms with van der Waals surface area (Å²) < 4.78 is 32.5. The Morgan fingerprint density at radius 2 is 1.74 bits per heavy atom. The van der Waals surface area contributed by atoms with E-state index in [1.807, 2.05) is 48.5 Å². The Kier molecular flexibility index (Phi) is 16.2. The van der Waals surface area contributed by atoms with Gasteiger partial charge < -0.3 is 43.6 Å². The second-order valence-corrected chi connectivity index (χ2v) is 18.5. The number of oxime groups is 1. The molecular weight excluding hydrogens is 887 g/mol. The number of allylic oxidation sites excluding steroid dienone is 1. The lowest BCUT2D eigenvalue weighted by atomic mass is 9.55. The summed E-state index contributed by atoms with van der Waals surface area (Å²) in [5, 5.41) is 36.1. The molecule has 0 bridgehead atoms. The van der Waals surface area contributed by atoms with Crippen LogP contribution in [0.3, 0.4) is 0 Å². The van der Waals surface area contributed by atoms with Gasteiger partial charge in [-0.2, -0.15) is 0 Å². The van der Waals surface area contributed by atoms with Crippen molar-refractivity contribution in [3.8, 4) is 23.0 Å². The van der Waals surface area contributed by atoms with Crippen LogP contribution < -0.4 is 18.9 Å². The molecule has 4 aliphatic rings. The number of aliphatic hydroxyl groups excluding tert-OH is 2. The highest BCUT2D eigenvalue weighted by molar-refractivity contribution is 7.99. The lowest BCUT2D eigenvalue weighted by molar-refractivity contribution is -0.384. The second kappa shape index (κ2) is 22.8. The number of carbonyl (C=O) groups is 1. The van der Waals surface area contributed by atoms with Crippen molar-refractivity contribution < 1.29 is 48.5 Å². The van der Waals surface area contributed by atoms with Gasteiger partial charge in [-0.05, 0) is 115 Å². The number of hydrogen-bond acceptors (Lipinski definition) is 13. The Morgan fingerprint density at radius 1 is 0.971 bits per heavy atom. The fourth-order valence-electron chi connectivity index (χ4n) is 10.2. The average Bonchev–Trinajstić information content (AvgIpc) is 3.83. The number of carbonyl (C=O) groups excluding carboxylic acids is 1. The molecule has 4 aromatic carbocycles. The fourth-order valence-corrected chi connectivity index (χ4v) is 11.0. The van der Waals surface area contributed by atoms with Crippen LogP contribution in [0.15, 0.2) is 131 Å². The van der Waals surface area contributed by atoms with Crippen LogP contribution in [0.4, 0.5) is 5.69 Å². The maximum absolute atomic E-state index is 15.2. The number of non-ortho nitro benzene ring substituents is 1. The third kappa shape index (κ3) is 10.8. The Morgan fingerprint density at radius 3 is 2.49 bits per heavy atom. The first-order chi connectivity index (χ1) is 33.3. The number of nitrogens with zero attached hydrogens (tertiary/aromatic N) is 3. The quantitative estimate of drug-likeness (QED) is 0.0181. The molecule has 2 N–H and O–H groups in total. The monoisotopic (exact) mass is 945 g/mol. The number of nitro benzene ring substituents is 1. The minimum Gasteiger partial charge on any atom is -0.493 e. The van der Waals surface area contributed by atoms with Crippen LogP contribution in [0.1, 0.15) is 67.6 Å². The molecule has 68 heavy (non-hydrogen) atoms. The molecule has 2 aliphatic heterocycles. The third-order valence-corrected chi connectivity index (χ3v) is 14.2. The molecule has 2 aliphatic carbocycles. The molecule has 358 valence electrons. The van der Waals surface area contributed by atoms with Crippen molar-refractivity contribution in [3.63, 3.8) is 0 Å². The van der Waals surface area contributed by atoms with Crippen LogP contribution in [0.25, 0.3) is 6.08 Å². The number of unbranched alkanes of at least 4 members (excludes halogenated alkanes) is 2. The lowest BCUT2D eigenvalue weighted by Crippen LogP contribution is -2.70. The van der Waals surface area contributed by atoms with E-state index in [9.17, 15) is 20.3 Å². The number of fused-ring (bicyclic) bond motifs is 3. The van der Waals surface area contributed by atoms with Crippen molar-refractivity contribution in [1.82, 2.24) is 4.90 Å². The van der Waals surface area contributed by atoms with Crippen molar-refractivity contribution in [2.45, 2.75) is 74.1 Å². The first-order valence-corrected chi connectivity index (χ1v) is 24.3. The van der Waals surface area contributed by atoms with Gasteiger partial charge in [0.25, 0.3) is 5.69 Å². The summed E-state index contributed by atoms with van der Waals surface area (Å²) in [4.78, 5) is 34.7. The Labute approximate surface area is 401 Å². The maximum Gasteiger partial charge on any atom is 0.269 e. The predicted molar refractivity (Wildman–Crippen MR) is 260 cm³/mol. The number of amides is 1. The van der Waals surface area contributed by atoms with Crippen molar-refractivity contribution >= 4 is 35.1 Å². The zero-order chi connectivity index (χ0) is 47.5. The highest BCUT2D eigenvalue weighted by Gasteiger charge is 2.65. The van der Waals surface area contributed by atoms with Gasteiger partial charge in [-0.3, -0.25) is 14.9 Å². The van der Waals surface area contributed by atoms with E-state index < -0.39 is 22.7 Å². The largest absolute Gasteiger partial charge is 0.493 e. The summed E-state index contributed by atoms with van der Waals surface area (Å²) in [6.45, 7) is 4.98. The zero-order valence-corrected chi connectivity index (χ0v) is 39.1. The van der Waals surface area contributed by atoms with E-state index in [0.717, 1.165) is 48.1 Å². The van der Waals surface area contributed by atoms with Crippen LogP contribution in [0, 0.1) is 27.9 Å². The molecule has 1 amide bonds. The number of rotatable bonds is 23. The topological polar surface area (TPSA) is 172 Å². The molecule has 2 heterocycles. The summed E-state index contributed by atoms with van der Waals surface area (Å²) in [5.74, 6) is 0.677. The summed E-state index contributed by atoms with van der Waals surface area (Å²) in [6, 6.07) is 27.0. The molecule has 6 unspecified atom stereocenters. The molecule has 6 atom stereocenters.